The van der Waals surface area contributed by atoms with Crippen molar-refractivity contribution in [3.63, 3.8) is 0 Å². The van der Waals surface area contributed by atoms with Crippen LogP contribution in [0.5, 0.6) is 0 Å². The lowest BCUT2D eigenvalue weighted by atomic mass is 9.87. The van der Waals surface area contributed by atoms with Gasteiger partial charge in [0.25, 0.3) is 0 Å². The van der Waals surface area contributed by atoms with E-state index in [-0.39, 0.29) is 17.6 Å². The second-order valence-electron chi connectivity index (χ2n) is 9.29. The molecule has 2 aliphatic rings. The van der Waals surface area contributed by atoms with Gasteiger partial charge in [-0.05, 0) is 73.7 Å². The number of likely N-dealkylation sites (tertiary alicyclic amines) is 1. The van der Waals surface area contributed by atoms with Gasteiger partial charge in [0.15, 0.2) is 0 Å². The van der Waals surface area contributed by atoms with E-state index in [9.17, 15) is 8.78 Å². The van der Waals surface area contributed by atoms with Crippen LogP contribution in [0.3, 0.4) is 0 Å². The zero-order chi connectivity index (χ0) is 23.3. The van der Waals surface area contributed by atoms with Crippen molar-refractivity contribution < 1.29 is 8.78 Å². The molecule has 0 bridgehead atoms. The maximum atomic E-state index is 13.5. The number of piperidine rings is 1. The minimum Gasteiger partial charge on any atom is -0.303 e. The van der Waals surface area contributed by atoms with Crippen molar-refractivity contribution >= 4 is 5.69 Å². The highest BCUT2D eigenvalue weighted by Crippen LogP contribution is 2.31. The van der Waals surface area contributed by atoms with Crippen LogP contribution in [0.1, 0.15) is 48.3 Å². The fourth-order valence-corrected chi connectivity index (χ4v) is 5.13. The van der Waals surface area contributed by atoms with Crippen LogP contribution in [-0.4, -0.2) is 35.6 Å². The van der Waals surface area contributed by atoms with Crippen LogP contribution in [0, 0.1) is 11.6 Å². The maximum Gasteiger partial charge on any atom is 0.123 e. The molecule has 0 saturated carbocycles. The first kappa shape index (κ1) is 22.7. The van der Waals surface area contributed by atoms with Crippen molar-refractivity contribution in [1.82, 2.24) is 9.91 Å². The van der Waals surface area contributed by atoms with Crippen LogP contribution in [0.15, 0.2) is 83.1 Å². The lowest BCUT2D eigenvalue weighted by molar-refractivity contribution is 0.0946. The molecular weight excluding hydrogens is 430 g/mol. The standard InChI is InChI=1S/C28H30F2N4/c29-24-11-7-21(8-12-24)27(22-9-13-25(30)14-10-22)5-3-17-33-18-15-26(16-19-33)34-20-23-4-1-2-6-28(23)31-32-34/h1-2,4,6-14,26-27H,3,5,15-20H2. The maximum absolute atomic E-state index is 13.5. The Hall–Kier alpha value is -3.12. The van der Waals surface area contributed by atoms with E-state index >= 15 is 0 Å². The fourth-order valence-electron chi connectivity index (χ4n) is 5.13. The van der Waals surface area contributed by atoms with E-state index in [1.807, 2.05) is 36.4 Å². The first-order valence-corrected chi connectivity index (χ1v) is 12.2. The summed E-state index contributed by atoms with van der Waals surface area (Å²) in [7, 11) is 0. The van der Waals surface area contributed by atoms with Crippen molar-refractivity contribution in [2.24, 2.45) is 10.3 Å². The topological polar surface area (TPSA) is 31.2 Å². The quantitative estimate of drug-likeness (QED) is 0.386. The van der Waals surface area contributed by atoms with Gasteiger partial charge in [0.1, 0.15) is 11.6 Å². The molecule has 0 radical (unpaired) electrons. The molecule has 0 N–H and O–H groups in total. The van der Waals surface area contributed by atoms with Gasteiger partial charge < -0.3 is 4.90 Å². The fraction of sp³-hybridized carbons (Fsp3) is 0.357. The summed E-state index contributed by atoms with van der Waals surface area (Å²) in [5, 5.41) is 11.0. The monoisotopic (exact) mass is 460 g/mol. The first-order chi connectivity index (χ1) is 16.7. The SMILES string of the molecule is Fc1ccc(C(CCCN2CCC(N3Cc4ccccc4N=N3)CC2)c2ccc(F)cc2)cc1. The third kappa shape index (κ3) is 5.33. The van der Waals surface area contributed by atoms with Gasteiger partial charge in [-0.15, -0.1) is 5.11 Å². The number of benzene rings is 3. The Labute approximate surface area is 199 Å². The highest BCUT2D eigenvalue weighted by atomic mass is 19.1. The van der Waals surface area contributed by atoms with Gasteiger partial charge in [0, 0.05) is 24.6 Å². The number of hydrogen-bond donors (Lipinski definition) is 0. The summed E-state index contributed by atoms with van der Waals surface area (Å²) < 4.78 is 26.9. The van der Waals surface area contributed by atoms with Crippen LogP contribution in [-0.2, 0) is 6.54 Å². The van der Waals surface area contributed by atoms with Gasteiger partial charge in [-0.25, -0.2) is 8.78 Å². The molecule has 5 rings (SSSR count). The third-order valence-electron chi connectivity index (χ3n) is 7.08. The van der Waals surface area contributed by atoms with Crippen LogP contribution in [0.2, 0.25) is 0 Å². The second-order valence-corrected chi connectivity index (χ2v) is 9.29. The largest absolute Gasteiger partial charge is 0.303 e. The van der Waals surface area contributed by atoms with Gasteiger partial charge in [0.2, 0.25) is 0 Å². The Balaban J connectivity index is 1.14. The number of nitrogens with zero attached hydrogens (tertiary/aromatic N) is 4. The van der Waals surface area contributed by atoms with Gasteiger partial charge in [-0.3, -0.25) is 5.01 Å². The van der Waals surface area contributed by atoms with E-state index in [4.69, 9.17) is 0 Å². The minimum atomic E-state index is -0.235. The van der Waals surface area contributed by atoms with Gasteiger partial charge in [-0.1, -0.05) is 47.7 Å². The predicted molar refractivity (Wildman–Crippen MR) is 130 cm³/mol. The van der Waals surface area contributed by atoms with Crippen molar-refractivity contribution in [3.05, 3.63) is 101 Å². The number of fused-ring (bicyclic) bond motifs is 1. The van der Waals surface area contributed by atoms with Crippen LogP contribution in [0.25, 0.3) is 0 Å². The van der Waals surface area contributed by atoms with E-state index in [1.54, 1.807) is 0 Å². The number of hydrogen-bond acceptors (Lipinski definition) is 4. The molecule has 34 heavy (non-hydrogen) atoms. The first-order valence-electron chi connectivity index (χ1n) is 12.2. The molecule has 0 unspecified atom stereocenters. The van der Waals surface area contributed by atoms with Crippen molar-refractivity contribution in [2.45, 2.75) is 44.2 Å². The summed E-state index contributed by atoms with van der Waals surface area (Å²) >= 11 is 0. The zero-order valence-electron chi connectivity index (χ0n) is 19.3. The predicted octanol–water partition coefficient (Wildman–Crippen LogP) is 6.86. The molecule has 3 aromatic carbocycles. The minimum absolute atomic E-state index is 0.132. The Morgan fingerprint density at radius 1 is 0.824 bits per heavy atom. The van der Waals surface area contributed by atoms with Gasteiger partial charge in [-0.2, -0.15) is 0 Å². The lowest BCUT2D eigenvalue weighted by Crippen LogP contribution is -2.43. The lowest BCUT2D eigenvalue weighted by Gasteiger charge is -2.37. The molecule has 0 aliphatic carbocycles. The smallest absolute Gasteiger partial charge is 0.123 e. The molecule has 2 heterocycles. The Morgan fingerprint density at radius 2 is 1.44 bits per heavy atom. The third-order valence-corrected chi connectivity index (χ3v) is 7.08. The summed E-state index contributed by atoms with van der Waals surface area (Å²) in [5.74, 6) is -0.338. The summed E-state index contributed by atoms with van der Waals surface area (Å²) in [6, 6.07) is 22.1. The average molecular weight is 461 g/mol. The van der Waals surface area contributed by atoms with Crippen LogP contribution >= 0.6 is 0 Å². The second kappa shape index (κ2) is 10.4. The van der Waals surface area contributed by atoms with E-state index in [0.717, 1.165) is 68.7 Å². The molecule has 1 fully saturated rings. The molecule has 2 aliphatic heterocycles. The number of rotatable bonds is 7. The Kier molecular flexibility index (Phi) is 6.95. The van der Waals surface area contributed by atoms with Gasteiger partial charge >= 0.3 is 0 Å². The van der Waals surface area contributed by atoms with Crippen molar-refractivity contribution in [3.8, 4) is 0 Å². The molecule has 0 amide bonds. The highest BCUT2D eigenvalue weighted by Gasteiger charge is 2.26. The molecule has 0 aromatic heterocycles. The summed E-state index contributed by atoms with van der Waals surface area (Å²) in [5.41, 5.74) is 4.37. The van der Waals surface area contributed by atoms with Gasteiger partial charge in [0.05, 0.1) is 18.3 Å². The molecule has 1 saturated heterocycles. The van der Waals surface area contributed by atoms with E-state index in [1.165, 1.54) is 29.8 Å². The Bertz CT molecular complexity index is 1060. The van der Waals surface area contributed by atoms with Crippen molar-refractivity contribution in [1.29, 1.82) is 0 Å². The molecule has 176 valence electrons. The molecule has 3 aromatic rings. The van der Waals surface area contributed by atoms with E-state index in [2.05, 4.69) is 32.4 Å². The summed E-state index contributed by atoms with van der Waals surface area (Å²) in [4.78, 5) is 2.53. The van der Waals surface area contributed by atoms with Crippen molar-refractivity contribution in [2.75, 3.05) is 19.6 Å². The van der Waals surface area contributed by atoms with E-state index in [0.29, 0.717) is 6.04 Å². The zero-order valence-corrected chi connectivity index (χ0v) is 19.3. The Morgan fingerprint density at radius 3 is 2.09 bits per heavy atom. The highest BCUT2D eigenvalue weighted by molar-refractivity contribution is 5.45. The molecule has 6 heteroatoms. The van der Waals surface area contributed by atoms with Crippen LogP contribution < -0.4 is 0 Å². The molecular formula is C28H30F2N4. The molecule has 0 spiro atoms. The summed E-state index contributed by atoms with van der Waals surface area (Å²) in [6.45, 7) is 3.96. The molecule has 0 atom stereocenters. The summed E-state index contributed by atoms with van der Waals surface area (Å²) in [6.07, 6.45) is 4.14. The van der Waals surface area contributed by atoms with E-state index < -0.39 is 0 Å². The number of halogens is 2. The molecule has 4 nitrogen and oxygen atoms in total. The van der Waals surface area contributed by atoms with Crippen LogP contribution in [0.4, 0.5) is 14.5 Å². The average Bonchev–Trinajstić information content (AvgIpc) is 2.88. The normalized spacial score (nSPS) is 16.7.